The molecule has 0 aliphatic heterocycles. The van der Waals surface area contributed by atoms with Gasteiger partial charge in [-0.25, -0.2) is 0 Å². The summed E-state index contributed by atoms with van der Waals surface area (Å²) in [6.07, 6.45) is -0.942. The van der Waals surface area contributed by atoms with Crippen LogP contribution in [0.25, 0.3) is 0 Å². The largest absolute Gasteiger partial charge is 0.496 e. The molecule has 2 amide bonds. The molecule has 0 saturated carbocycles. The zero-order chi connectivity index (χ0) is 20.0. The van der Waals surface area contributed by atoms with Gasteiger partial charge in [-0.05, 0) is 55.3 Å². The summed E-state index contributed by atoms with van der Waals surface area (Å²) in [4.78, 5) is 35.3. The third-order valence-corrected chi connectivity index (χ3v) is 3.94. The Hall–Kier alpha value is -3.35. The fourth-order valence-electron chi connectivity index (χ4n) is 2.40. The van der Waals surface area contributed by atoms with E-state index in [0.717, 1.165) is 11.1 Å². The molecule has 0 spiro atoms. The van der Waals surface area contributed by atoms with Crippen LogP contribution in [0.3, 0.4) is 0 Å². The number of methoxy groups -OCH3 is 1. The van der Waals surface area contributed by atoms with Gasteiger partial charge in [-0.2, -0.15) is 0 Å². The van der Waals surface area contributed by atoms with Crippen LogP contribution in [0.2, 0.25) is 0 Å². The predicted molar refractivity (Wildman–Crippen MR) is 101 cm³/mol. The van der Waals surface area contributed by atoms with Gasteiger partial charge < -0.3 is 20.5 Å². The maximum absolute atomic E-state index is 12.2. The molecule has 2 aromatic rings. The Kier molecular flexibility index (Phi) is 6.54. The lowest BCUT2D eigenvalue weighted by Gasteiger charge is -2.14. The molecular weight excluding hydrogens is 348 g/mol. The van der Waals surface area contributed by atoms with Gasteiger partial charge in [0.15, 0.2) is 6.10 Å². The molecule has 0 aliphatic carbocycles. The number of hydrogen-bond acceptors (Lipinski definition) is 5. The number of rotatable bonds is 7. The molecular formula is C20H22N2O5. The normalized spacial score (nSPS) is 11.4. The monoisotopic (exact) mass is 370 g/mol. The molecule has 1 unspecified atom stereocenters. The van der Waals surface area contributed by atoms with Crippen LogP contribution in [0.15, 0.2) is 42.5 Å². The molecule has 0 aromatic heterocycles. The Balaban J connectivity index is 1.91. The number of carbonyl (C=O) groups excluding carboxylic acids is 3. The minimum atomic E-state index is -0.972. The molecule has 0 radical (unpaired) electrons. The standard InChI is InChI=1S/C20H22N2O5/c1-12-4-5-14(10-17(12)26-3)11-18(23)27-13(2)20(25)22-16-8-6-15(7-9-16)19(21)24/h4-10,13H,11H2,1-3H3,(H2,21,24)(H,22,25). The highest BCUT2D eigenvalue weighted by atomic mass is 16.5. The van der Waals surface area contributed by atoms with Gasteiger partial charge in [-0.15, -0.1) is 0 Å². The Morgan fingerprint density at radius 1 is 1.11 bits per heavy atom. The van der Waals surface area contributed by atoms with E-state index in [1.165, 1.54) is 19.1 Å². The van der Waals surface area contributed by atoms with E-state index in [2.05, 4.69) is 5.32 Å². The molecule has 0 aliphatic rings. The summed E-state index contributed by atoms with van der Waals surface area (Å²) in [6, 6.07) is 11.5. The quantitative estimate of drug-likeness (QED) is 0.727. The van der Waals surface area contributed by atoms with Crippen LogP contribution in [0.4, 0.5) is 5.69 Å². The second kappa shape index (κ2) is 8.84. The van der Waals surface area contributed by atoms with E-state index in [1.54, 1.807) is 25.3 Å². The van der Waals surface area contributed by atoms with Crippen LogP contribution >= 0.6 is 0 Å². The summed E-state index contributed by atoms with van der Waals surface area (Å²) in [5.41, 5.74) is 7.67. The number of esters is 1. The first-order valence-electron chi connectivity index (χ1n) is 8.34. The van der Waals surface area contributed by atoms with Crippen LogP contribution in [0.1, 0.15) is 28.4 Å². The molecule has 7 heteroatoms. The van der Waals surface area contributed by atoms with E-state index in [0.29, 0.717) is 17.0 Å². The molecule has 2 aromatic carbocycles. The zero-order valence-corrected chi connectivity index (χ0v) is 15.4. The first kappa shape index (κ1) is 20.0. The number of ether oxygens (including phenoxy) is 2. The molecule has 0 bridgehead atoms. The number of aryl methyl sites for hydroxylation is 1. The second-order valence-corrected chi connectivity index (χ2v) is 6.04. The Bertz CT molecular complexity index is 846. The van der Waals surface area contributed by atoms with Gasteiger partial charge in [-0.1, -0.05) is 12.1 Å². The van der Waals surface area contributed by atoms with Gasteiger partial charge in [0.2, 0.25) is 5.91 Å². The number of nitrogens with one attached hydrogen (secondary N) is 1. The van der Waals surface area contributed by atoms with E-state index in [1.807, 2.05) is 19.1 Å². The number of primary amides is 1. The molecule has 1 atom stereocenters. The van der Waals surface area contributed by atoms with Gasteiger partial charge in [0.25, 0.3) is 5.91 Å². The minimum Gasteiger partial charge on any atom is -0.496 e. The number of hydrogen-bond donors (Lipinski definition) is 2. The van der Waals surface area contributed by atoms with Crippen molar-refractivity contribution in [3.05, 3.63) is 59.2 Å². The van der Waals surface area contributed by atoms with E-state index in [-0.39, 0.29) is 6.42 Å². The summed E-state index contributed by atoms with van der Waals surface area (Å²) < 4.78 is 10.4. The van der Waals surface area contributed by atoms with Crippen molar-refractivity contribution >= 4 is 23.5 Å². The Morgan fingerprint density at radius 3 is 2.37 bits per heavy atom. The summed E-state index contributed by atoms with van der Waals surface area (Å²) >= 11 is 0. The van der Waals surface area contributed by atoms with Crippen molar-refractivity contribution < 1.29 is 23.9 Å². The highest BCUT2D eigenvalue weighted by Crippen LogP contribution is 2.19. The van der Waals surface area contributed by atoms with Crippen LogP contribution in [0, 0.1) is 6.92 Å². The number of anilines is 1. The fourth-order valence-corrected chi connectivity index (χ4v) is 2.40. The maximum atomic E-state index is 12.2. The lowest BCUT2D eigenvalue weighted by Crippen LogP contribution is -2.30. The fraction of sp³-hybridized carbons (Fsp3) is 0.250. The van der Waals surface area contributed by atoms with Crippen LogP contribution in [0.5, 0.6) is 5.75 Å². The van der Waals surface area contributed by atoms with Crippen molar-refractivity contribution in [1.82, 2.24) is 0 Å². The Morgan fingerprint density at radius 2 is 1.78 bits per heavy atom. The molecule has 0 heterocycles. The van der Waals surface area contributed by atoms with E-state index < -0.39 is 23.9 Å². The molecule has 2 rings (SSSR count). The molecule has 0 fully saturated rings. The predicted octanol–water partition coefficient (Wildman–Crippen LogP) is 2.22. The molecule has 3 N–H and O–H groups in total. The smallest absolute Gasteiger partial charge is 0.311 e. The topological polar surface area (TPSA) is 108 Å². The molecule has 27 heavy (non-hydrogen) atoms. The highest BCUT2D eigenvalue weighted by molar-refractivity contribution is 5.96. The summed E-state index contributed by atoms with van der Waals surface area (Å²) in [5.74, 6) is -0.863. The van der Waals surface area contributed by atoms with Gasteiger partial charge in [0.05, 0.1) is 13.5 Å². The number of benzene rings is 2. The van der Waals surface area contributed by atoms with E-state index >= 15 is 0 Å². The van der Waals surface area contributed by atoms with Crippen molar-refractivity contribution in [1.29, 1.82) is 0 Å². The lowest BCUT2D eigenvalue weighted by atomic mass is 10.1. The van der Waals surface area contributed by atoms with Crippen molar-refractivity contribution in [2.75, 3.05) is 12.4 Å². The Labute approximate surface area is 157 Å². The minimum absolute atomic E-state index is 0.0293. The highest BCUT2D eigenvalue weighted by Gasteiger charge is 2.18. The summed E-state index contributed by atoms with van der Waals surface area (Å²) in [7, 11) is 1.56. The summed E-state index contributed by atoms with van der Waals surface area (Å²) in [5, 5.41) is 2.61. The van der Waals surface area contributed by atoms with Crippen molar-refractivity contribution in [2.45, 2.75) is 26.4 Å². The first-order valence-corrected chi connectivity index (χ1v) is 8.34. The summed E-state index contributed by atoms with van der Waals surface area (Å²) in [6.45, 7) is 3.39. The number of carbonyl (C=O) groups is 3. The average molecular weight is 370 g/mol. The van der Waals surface area contributed by atoms with Crippen molar-refractivity contribution in [2.24, 2.45) is 5.73 Å². The number of nitrogens with two attached hydrogens (primary N) is 1. The lowest BCUT2D eigenvalue weighted by molar-refractivity contribution is -0.152. The van der Waals surface area contributed by atoms with Crippen LogP contribution in [-0.2, 0) is 20.7 Å². The molecule has 0 saturated heterocycles. The van der Waals surface area contributed by atoms with E-state index in [4.69, 9.17) is 15.2 Å². The first-order chi connectivity index (χ1) is 12.8. The third-order valence-electron chi connectivity index (χ3n) is 3.94. The second-order valence-electron chi connectivity index (χ2n) is 6.04. The maximum Gasteiger partial charge on any atom is 0.311 e. The van der Waals surface area contributed by atoms with E-state index in [9.17, 15) is 14.4 Å². The van der Waals surface area contributed by atoms with Crippen molar-refractivity contribution in [3.63, 3.8) is 0 Å². The molecule has 7 nitrogen and oxygen atoms in total. The van der Waals surface area contributed by atoms with Crippen LogP contribution in [-0.4, -0.2) is 31.0 Å². The van der Waals surface area contributed by atoms with Crippen molar-refractivity contribution in [3.8, 4) is 5.75 Å². The van der Waals surface area contributed by atoms with Gasteiger partial charge >= 0.3 is 5.97 Å². The molecule has 142 valence electrons. The number of amides is 2. The SMILES string of the molecule is COc1cc(CC(=O)OC(C)C(=O)Nc2ccc(C(N)=O)cc2)ccc1C. The third kappa shape index (κ3) is 5.57. The van der Waals surface area contributed by atoms with Gasteiger partial charge in [0, 0.05) is 11.3 Å². The zero-order valence-electron chi connectivity index (χ0n) is 15.4. The van der Waals surface area contributed by atoms with Gasteiger partial charge in [-0.3, -0.25) is 14.4 Å². The average Bonchev–Trinajstić information content (AvgIpc) is 2.63. The van der Waals surface area contributed by atoms with Gasteiger partial charge in [0.1, 0.15) is 5.75 Å². The van der Waals surface area contributed by atoms with Crippen LogP contribution < -0.4 is 15.8 Å².